The number of nitrogens with two attached hydrogens (primary N) is 1. The maximum Gasteiger partial charge on any atom is 0.306 e. The number of nitrogens with one attached hydrogen (secondary N) is 2. The van der Waals surface area contributed by atoms with Crippen molar-refractivity contribution in [1.29, 1.82) is 0 Å². The second-order valence-corrected chi connectivity index (χ2v) is 5.31. The minimum Gasteiger partial charge on any atom is -0.347 e. The van der Waals surface area contributed by atoms with Crippen LogP contribution in [-0.4, -0.2) is 10.8 Å². The monoisotopic (exact) mass is 306 g/mol. The van der Waals surface area contributed by atoms with Gasteiger partial charge in [-0.1, -0.05) is 6.07 Å². The Balaban J connectivity index is 2.23. The molecule has 1 heterocycles. The number of hydrazine groups is 1. The lowest BCUT2D eigenvalue weighted by Crippen LogP contribution is -2.24. The first kappa shape index (κ1) is 14.9. The van der Waals surface area contributed by atoms with E-state index in [4.69, 9.17) is 5.84 Å². The predicted octanol–water partition coefficient (Wildman–Crippen LogP) is 2.18. The number of aryl methyl sites for hydroxylation is 1. The molecule has 0 unspecified atom stereocenters. The molecule has 21 heavy (non-hydrogen) atoms. The summed E-state index contributed by atoms with van der Waals surface area (Å²) in [6, 6.07) is 6.33. The molecule has 8 heteroatoms. The van der Waals surface area contributed by atoms with Gasteiger partial charge in [-0.05, 0) is 36.1 Å². The second-order valence-electron chi connectivity index (χ2n) is 4.31. The molecule has 1 aromatic heterocycles. The molecule has 0 radical (unpaired) electrons. The summed E-state index contributed by atoms with van der Waals surface area (Å²) in [7, 11) is 0. The molecule has 1 aromatic carbocycles. The molecule has 0 saturated heterocycles. The maximum atomic E-state index is 12.2. The van der Waals surface area contributed by atoms with Crippen molar-refractivity contribution in [2.45, 2.75) is 13.5 Å². The number of carbonyl (C=O) groups is 1. The van der Waals surface area contributed by atoms with Crippen LogP contribution in [0.1, 0.15) is 20.8 Å². The number of carbonyl (C=O) groups excluding carboxylic acids is 1. The topological polar surface area (TPSA) is 110 Å². The highest BCUT2D eigenvalue weighted by Crippen LogP contribution is 2.28. The Labute approximate surface area is 124 Å². The molecule has 2 aromatic rings. The molecular weight excluding hydrogens is 292 g/mol. The van der Waals surface area contributed by atoms with Gasteiger partial charge in [0.1, 0.15) is 11.3 Å². The Hall–Kier alpha value is -2.45. The van der Waals surface area contributed by atoms with Gasteiger partial charge in [0, 0.05) is 4.88 Å². The van der Waals surface area contributed by atoms with E-state index < -0.39 is 10.8 Å². The van der Waals surface area contributed by atoms with Gasteiger partial charge in [0.15, 0.2) is 0 Å². The number of nitro benzene ring substituents is 1. The molecule has 0 aliphatic carbocycles. The van der Waals surface area contributed by atoms with Crippen molar-refractivity contribution in [3.8, 4) is 0 Å². The Morgan fingerprint density at radius 3 is 2.76 bits per heavy atom. The van der Waals surface area contributed by atoms with Crippen LogP contribution in [0.3, 0.4) is 0 Å². The quantitative estimate of drug-likeness (QED) is 0.445. The second kappa shape index (κ2) is 6.33. The Morgan fingerprint density at radius 2 is 2.19 bits per heavy atom. The first-order valence-electron chi connectivity index (χ1n) is 6.09. The average Bonchev–Trinajstić information content (AvgIpc) is 2.89. The number of para-hydroxylation sites is 1. The zero-order valence-electron chi connectivity index (χ0n) is 11.3. The molecule has 0 saturated carbocycles. The van der Waals surface area contributed by atoms with Gasteiger partial charge in [0.2, 0.25) is 0 Å². The molecule has 4 N–H and O–H groups in total. The highest BCUT2D eigenvalue weighted by atomic mass is 32.1. The first-order chi connectivity index (χ1) is 10.0. The minimum atomic E-state index is -0.625. The van der Waals surface area contributed by atoms with Crippen LogP contribution in [0, 0.1) is 17.0 Å². The number of nitrogen functional groups attached to an aromatic ring is 1. The van der Waals surface area contributed by atoms with Crippen LogP contribution in [0.25, 0.3) is 0 Å². The van der Waals surface area contributed by atoms with E-state index in [0.717, 1.165) is 10.4 Å². The highest BCUT2D eigenvalue weighted by molar-refractivity contribution is 7.10. The fourth-order valence-electron chi connectivity index (χ4n) is 1.88. The van der Waals surface area contributed by atoms with E-state index in [0.29, 0.717) is 6.54 Å². The van der Waals surface area contributed by atoms with Crippen LogP contribution in [0.2, 0.25) is 0 Å². The number of hydrogen-bond acceptors (Lipinski definition) is 6. The molecule has 1 amide bonds. The van der Waals surface area contributed by atoms with Gasteiger partial charge in [0.05, 0.1) is 11.5 Å². The van der Waals surface area contributed by atoms with Crippen LogP contribution in [-0.2, 0) is 6.54 Å². The maximum absolute atomic E-state index is 12.2. The highest BCUT2D eigenvalue weighted by Gasteiger charge is 2.24. The van der Waals surface area contributed by atoms with Crippen molar-refractivity contribution in [3.05, 3.63) is 55.8 Å². The summed E-state index contributed by atoms with van der Waals surface area (Å²) in [5.74, 6) is 4.74. The summed E-state index contributed by atoms with van der Waals surface area (Å²) < 4.78 is 0. The zero-order chi connectivity index (χ0) is 15.4. The number of amides is 1. The van der Waals surface area contributed by atoms with Gasteiger partial charge in [-0.3, -0.25) is 20.8 Å². The van der Waals surface area contributed by atoms with Crippen LogP contribution >= 0.6 is 11.3 Å². The largest absolute Gasteiger partial charge is 0.347 e. The van der Waals surface area contributed by atoms with E-state index in [1.54, 1.807) is 0 Å². The van der Waals surface area contributed by atoms with Crippen LogP contribution in [0.4, 0.5) is 11.4 Å². The predicted molar refractivity (Wildman–Crippen MR) is 81.1 cm³/mol. The summed E-state index contributed by atoms with van der Waals surface area (Å²) in [5, 5.41) is 15.7. The molecule has 0 bridgehead atoms. The van der Waals surface area contributed by atoms with Gasteiger partial charge in [-0.25, -0.2) is 0 Å². The average molecular weight is 306 g/mol. The minimum absolute atomic E-state index is 0.0235. The third-order valence-electron chi connectivity index (χ3n) is 3.00. The summed E-state index contributed by atoms with van der Waals surface area (Å²) in [5.41, 5.74) is 3.05. The van der Waals surface area contributed by atoms with E-state index in [2.05, 4.69) is 10.7 Å². The zero-order valence-corrected chi connectivity index (χ0v) is 12.1. The van der Waals surface area contributed by atoms with Gasteiger partial charge in [-0.15, -0.1) is 11.3 Å². The Morgan fingerprint density at radius 1 is 1.43 bits per heavy atom. The van der Waals surface area contributed by atoms with Crippen molar-refractivity contribution < 1.29 is 9.72 Å². The third-order valence-corrected chi connectivity index (χ3v) is 4.02. The molecule has 0 aliphatic rings. The van der Waals surface area contributed by atoms with Gasteiger partial charge in [0.25, 0.3) is 5.91 Å². The summed E-state index contributed by atoms with van der Waals surface area (Å²) in [6.07, 6.45) is 0. The number of anilines is 1. The lowest BCUT2D eigenvalue weighted by atomic mass is 10.1. The van der Waals surface area contributed by atoms with Crippen molar-refractivity contribution in [2.75, 3.05) is 5.43 Å². The first-order valence-corrected chi connectivity index (χ1v) is 6.97. The van der Waals surface area contributed by atoms with E-state index >= 15 is 0 Å². The van der Waals surface area contributed by atoms with E-state index in [9.17, 15) is 14.9 Å². The van der Waals surface area contributed by atoms with Crippen molar-refractivity contribution in [3.63, 3.8) is 0 Å². The lowest BCUT2D eigenvalue weighted by molar-refractivity contribution is -0.384. The number of thiophene rings is 1. The molecule has 0 aliphatic heterocycles. The normalized spacial score (nSPS) is 10.2. The number of hydrogen-bond donors (Lipinski definition) is 3. The molecule has 2 rings (SSSR count). The summed E-state index contributed by atoms with van der Waals surface area (Å²) >= 11 is 1.52. The molecule has 0 spiro atoms. The van der Waals surface area contributed by atoms with Crippen molar-refractivity contribution in [1.82, 2.24) is 5.32 Å². The molecule has 110 valence electrons. The fraction of sp³-hybridized carbons (Fsp3) is 0.154. The number of rotatable bonds is 5. The van der Waals surface area contributed by atoms with Gasteiger partial charge >= 0.3 is 5.69 Å². The standard InChI is InChI=1S/C13H14N4O3S/c1-8-5-6-21-11(8)7-15-13(18)9-3-2-4-10(16-14)12(9)17(19)20/h2-6,16H,7,14H2,1H3,(H,15,18). The lowest BCUT2D eigenvalue weighted by Gasteiger charge is -2.08. The number of nitro groups is 1. The van der Waals surface area contributed by atoms with Crippen molar-refractivity contribution in [2.24, 2.45) is 5.84 Å². The fourth-order valence-corrected chi connectivity index (χ4v) is 2.73. The SMILES string of the molecule is Cc1ccsc1CNC(=O)c1cccc(NN)c1[N+](=O)[O-]. The Kier molecular flexibility index (Phi) is 4.51. The smallest absolute Gasteiger partial charge is 0.306 e. The molecule has 0 fully saturated rings. The molecular formula is C13H14N4O3S. The number of benzene rings is 1. The summed E-state index contributed by atoms with van der Waals surface area (Å²) in [4.78, 5) is 23.7. The van der Waals surface area contributed by atoms with Crippen LogP contribution in [0.5, 0.6) is 0 Å². The Bertz CT molecular complexity index is 684. The van der Waals surface area contributed by atoms with E-state index in [1.807, 2.05) is 18.4 Å². The van der Waals surface area contributed by atoms with Crippen molar-refractivity contribution >= 4 is 28.6 Å². The van der Waals surface area contributed by atoms with E-state index in [1.165, 1.54) is 29.5 Å². The van der Waals surface area contributed by atoms with Crippen LogP contribution in [0.15, 0.2) is 29.6 Å². The summed E-state index contributed by atoms with van der Waals surface area (Å²) in [6.45, 7) is 2.28. The van der Waals surface area contributed by atoms with E-state index in [-0.39, 0.29) is 16.9 Å². The van der Waals surface area contributed by atoms with Gasteiger partial charge in [-0.2, -0.15) is 0 Å². The number of nitrogens with zero attached hydrogens (tertiary/aromatic N) is 1. The molecule has 7 nitrogen and oxygen atoms in total. The van der Waals surface area contributed by atoms with Crippen LogP contribution < -0.4 is 16.6 Å². The third kappa shape index (κ3) is 3.18. The molecule has 0 atom stereocenters. The van der Waals surface area contributed by atoms with Gasteiger partial charge < -0.3 is 10.7 Å².